The summed E-state index contributed by atoms with van der Waals surface area (Å²) < 4.78 is 2.24. The summed E-state index contributed by atoms with van der Waals surface area (Å²) in [5.41, 5.74) is 2.07. The van der Waals surface area contributed by atoms with Crippen molar-refractivity contribution in [2.45, 2.75) is 68.6 Å². The van der Waals surface area contributed by atoms with Crippen LogP contribution in [-0.4, -0.2) is 29.7 Å². The van der Waals surface area contributed by atoms with E-state index in [2.05, 4.69) is 53.5 Å². The van der Waals surface area contributed by atoms with Crippen molar-refractivity contribution in [1.82, 2.24) is 29.7 Å². The standard InChI is InChI=1S/C20H24N6S/c1-12(2)16-10-17(23-18(22-16)13(3)4)27-20-25-24-19(26(20)15-7-8-15)14-6-5-9-21-11-14/h5-6,9-13,15H,7-8H2,1-4H3. The smallest absolute Gasteiger partial charge is 0.198 e. The topological polar surface area (TPSA) is 69.4 Å². The molecule has 1 aliphatic rings. The van der Waals surface area contributed by atoms with Gasteiger partial charge in [-0.2, -0.15) is 0 Å². The monoisotopic (exact) mass is 380 g/mol. The van der Waals surface area contributed by atoms with Crippen molar-refractivity contribution in [3.05, 3.63) is 42.1 Å². The first kappa shape index (κ1) is 18.1. The molecule has 0 atom stereocenters. The van der Waals surface area contributed by atoms with Crippen LogP contribution in [0.4, 0.5) is 0 Å². The predicted molar refractivity (Wildman–Crippen MR) is 106 cm³/mol. The van der Waals surface area contributed by atoms with E-state index in [9.17, 15) is 0 Å². The number of aromatic nitrogens is 6. The van der Waals surface area contributed by atoms with Gasteiger partial charge >= 0.3 is 0 Å². The van der Waals surface area contributed by atoms with Crippen molar-refractivity contribution in [2.24, 2.45) is 0 Å². The zero-order chi connectivity index (χ0) is 19.0. The molecular weight excluding hydrogens is 356 g/mol. The van der Waals surface area contributed by atoms with Gasteiger partial charge in [0.2, 0.25) is 0 Å². The van der Waals surface area contributed by atoms with Gasteiger partial charge in [0, 0.05) is 35.6 Å². The van der Waals surface area contributed by atoms with E-state index in [0.29, 0.717) is 12.0 Å². The Balaban J connectivity index is 1.72. The summed E-state index contributed by atoms with van der Waals surface area (Å²) in [5, 5.41) is 10.8. The summed E-state index contributed by atoms with van der Waals surface area (Å²) in [6, 6.07) is 6.51. The average molecular weight is 381 g/mol. The minimum atomic E-state index is 0.287. The van der Waals surface area contributed by atoms with Crippen LogP contribution in [0.3, 0.4) is 0 Å². The van der Waals surface area contributed by atoms with E-state index in [4.69, 9.17) is 9.97 Å². The van der Waals surface area contributed by atoms with Gasteiger partial charge in [-0.1, -0.05) is 27.7 Å². The highest BCUT2D eigenvalue weighted by Gasteiger charge is 2.30. The minimum Gasteiger partial charge on any atom is -0.299 e. The molecule has 1 aliphatic carbocycles. The maximum Gasteiger partial charge on any atom is 0.198 e. The predicted octanol–water partition coefficient (Wildman–Crippen LogP) is 4.86. The normalized spacial score (nSPS) is 14.3. The fourth-order valence-electron chi connectivity index (χ4n) is 2.86. The van der Waals surface area contributed by atoms with Crippen LogP contribution in [0.25, 0.3) is 11.4 Å². The Bertz CT molecular complexity index is 905. The molecule has 27 heavy (non-hydrogen) atoms. The van der Waals surface area contributed by atoms with Gasteiger partial charge in [-0.05, 0) is 48.7 Å². The van der Waals surface area contributed by atoms with Crippen molar-refractivity contribution >= 4 is 11.8 Å². The summed E-state index contributed by atoms with van der Waals surface area (Å²) in [6.07, 6.45) is 5.95. The number of pyridine rings is 1. The minimum absolute atomic E-state index is 0.287. The average Bonchev–Trinajstić information content (AvgIpc) is 3.42. The fourth-order valence-corrected chi connectivity index (χ4v) is 3.78. The molecule has 7 heteroatoms. The third kappa shape index (κ3) is 3.88. The second kappa shape index (κ2) is 7.38. The molecule has 3 aromatic rings. The summed E-state index contributed by atoms with van der Waals surface area (Å²) in [5.74, 6) is 2.41. The summed E-state index contributed by atoms with van der Waals surface area (Å²) in [7, 11) is 0. The molecule has 3 aromatic heterocycles. The number of hydrogen-bond acceptors (Lipinski definition) is 6. The van der Waals surface area contributed by atoms with Gasteiger partial charge in [0.25, 0.3) is 0 Å². The molecule has 140 valence electrons. The molecule has 4 rings (SSSR count). The zero-order valence-electron chi connectivity index (χ0n) is 16.1. The Morgan fingerprint density at radius 2 is 1.89 bits per heavy atom. The third-order valence-electron chi connectivity index (χ3n) is 4.54. The lowest BCUT2D eigenvalue weighted by Gasteiger charge is -2.12. The first-order chi connectivity index (χ1) is 13.0. The summed E-state index contributed by atoms with van der Waals surface area (Å²) in [4.78, 5) is 13.7. The van der Waals surface area contributed by atoms with E-state index in [0.717, 1.165) is 45.9 Å². The lowest BCUT2D eigenvalue weighted by Crippen LogP contribution is -2.05. The number of hydrogen-bond donors (Lipinski definition) is 0. The molecule has 0 bridgehead atoms. The Morgan fingerprint density at radius 1 is 1.07 bits per heavy atom. The van der Waals surface area contributed by atoms with Gasteiger partial charge in [0.1, 0.15) is 10.9 Å². The van der Waals surface area contributed by atoms with Crippen LogP contribution in [0, 0.1) is 0 Å². The molecule has 0 aromatic carbocycles. The largest absolute Gasteiger partial charge is 0.299 e. The number of nitrogens with zero attached hydrogens (tertiary/aromatic N) is 6. The van der Waals surface area contributed by atoms with Gasteiger partial charge in [-0.25, -0.2) is 9.97 Å². The maximum atomic E-state index is 4.77. The lowest BCUT2D eigenvalue weighted by atomic mass is 10.1. The van der Waals surface area contributed by atoms with Crippen LogP contribution in [0.1, 0.15) is 69.9 Å². The second-order valence-electron chi connectivity index (χ2n) is 7.55. The first-order valence-corrected chi connectivity index (χ1v) is 10.3. The van der Waals surface area contributed by atoms with E-state index in [1.165, 1.54) is 0 Å². The maximum absolute atomic E-state index is 4.77. The molecule has 1 fully saturated rings. The van der Waals surface area contributed by atoms with Crippen molar-refractivity contribution in [3.8, 4) is 11.4 Å². The Morgan fingerprint density at radius 3 is 2.52 bits per heavy atom. The van der Waals surface area contributed by atoms with Crippen LogP contribution in [0.2, 0.25) is 0 Å². The van der Waals surface area contributed by atoms with E-state index in [1.54, 1.807) is 18.0 Å². The molecule has 6 nitrogen and oxygen atoms in total. The zero-order valence-corrected chi connectivity index (χ0v) is 16.9. The van der Waals surface area contributed by atoms with Crippen LogP contribution in [0.15, 0.2) is 40.8 Å². The first-order valence-electron chi connectivity index (χ1n) is 9.45. The van der Waals surface area contributed by atoms with Gasteiger partial charge < -0.3 is 0 Å². The van der Waals surface area contributed by atoms with E-state index < -0.39 is 0 Å². The molecule has 0 aliphatic heterocycles. The molecule has 0 spiro atoms. The van der Waals surface area contributed by atoms with Crippen LogP contribution < -0.4 is 0 Å². The van der Waals surface area contributed by atoms with Crippen LogP contribution in [0.5, 0.6) is 0 Å². The van der Waals surface area contributed by atoms with Gasteiger partial charge in [-0.15, -0.1) is 10.2 Å². The number of rotatable bonds is 6. The van der Waals surface area contributed by atoms with E-state index in [-0.39, 0.29) is 5.92 Å². The van der Waals surface area contributed by atoms with Crippen molar-refractivity contribution < 1.29 is 0 Å². The Labute approximate surface area is 163 Å². The highest BCUT2D eigenvalue weighted by Crippen LogP contribution is 2.42. The Hall–Kier alpha value is -2.28. The highest BCUT2D eigenvalue weighted by atomic mass is 32.2. The summed E-state index contributed by atoms with van der Waals surface area (Å²) in [6.45, 7) is 8.57. The lowest BCUT2D eigenvalue weighted by molar-refractivity contribution is 0.666. The molecule has 0 saturated heterocycles. The highest BCUT2D eigenvalue weighted by molar-refractivity contribution is 7.99. The molecule has 0 unspecified atom stereocenters. The SMILES string of the molecule is CC(C)c1cc(Sc2nnc(-c3cccnc3)n2C2CC2)nc(C(C)C)n1. The van der Waals surface area contributed by atoms with Crippen LogP contribution >= 0.6 is 11.8 Å². The second-order valence-corrected chi connectivity index (χ2v) is 8.54. The van der Waals surface area contributed by atoms with E-state index in [1.807, 2.05) is 18.3 Å². The van der Waals surface area contributed by atoms with Crippen molar-refractivity contribution in [2.75, 3.05) is 0 Å². The van der Waals surface area contributed by atoms with Gasteiger partial charge in [-0.3, -0.25) is 9.55 Å². The summed E-state index contributed by atoms with van der Waals surface area (Å²) >= 11 is 1.58. The third-order valence-corrected chi connectivity index (χ3v) is 5.42. The van der Waals surface area contributed by atoms with Gasteiger partial charge in [0.05, 0.1) is 0 Å². The van der Waals surface area contributed by atoms with Crippen LogP contribution in [-0.2, 0) is 0 Å². The van der Waals surface area contributed by atoms with Crippen molar-refractivity contribution in [1.29, 1.82) is 0 Å². The fraction of sp³-hybridized carbons (Fsp3) is 0.450. The molecule has 3 heterocycles. The molecule has 0 amide bonds. The van der Waals surface area contributed by atoms with E-state index >= 15 is 0 Å². The molecule has 1 saturated carbocycles. The quantitative estimate of drug-likeness (QED) is 0.569. The molecule has 0 N–H and O–H groups in total. The van der Waals surface area contributed by atoms with Crippen molar-refractivity contribution in [3.63, 3.8) is 0 Å². The molecule has 0 radical (unpaired) electrons. The Kier molecular flexibility index (Phi) is 4.95. The van der Waals surface area contributed by atoms with Gasteiger partial charge in [0.15, 0.2) is 11.0 Å². The molecular formula is C20H24N6S.